The zero-order chi connectivity index (χ0) is 11.4. The van der Waals surface area contributed by atoms with Crippen LogP contribution < -0.4 is 4.74 Å². The van der Waals surface area contributed by atoms with E-state index >= 15 is 0 Å². The van der Waals surface area contributed by atoms with E-state index in [2.05, 4.69) is 34.1 Å². The minimum absolute atomic E-state index is 0.573. The van der Waals surface area contributed by atoms with Crippen LogP contribution in [0.3, 0.4) is 0 Å². The van der Waals surface area contributed by atoms with Crippen molar-refractivity contribution in [2.45, 2.75) is 30.5 Å². The number of ether oxygens (including phenoxy) is 1. The lowest BCUT2D eigenvalue weighted by Gasteiger charge is -2.13. The van der Waals surface area contributed by atoms with Crippen LogP contribution in [0.1, 0.15) is 35.2 Å². The summed E-state index contributed by atoms with van der Waals surface area (Å²) in [5.41, 5.74) is 2.87. The molecule has 2 heteroatoms. The fraction of sp³-hybridized carbons (Fsp3) is 0.600. The molecule has 0 aromatic heterocycles. The van der Waals surface area contributed by atoms with Crippen LogP contribution in [0.25, 0.3) is 0 Å². The quantitative estimate of drug-likeness (QED) is 0.746. The number of benzene rings is 1. The smallest absolute Gasteiger partial charge is 0.122 e. The molecule has 1 aliphatic heterocycles. The summed E-state index contributed by atoms with van der Waals surface area (Å²) in [6.45, 7) is 0.862. The normalized spacial score (nSPS) is 35.0. The molecule has 0 radical (unpaired) electrons. The summed E-state index contributed by atoms with van der Waals surface area (Å²) in [7, 11) is 0. The Labute approximate surface area is 111 Å². The fourth-order valence-electron chi connectivity index (χ4n) is 3.91. The van der Waals surface area contributed by atoms with E-state index in [9.17, 15) is 0 Å². The number of fused-ring (bicyclic) bond motifs is 2. The van der Waals surface area contributed by atoms with Crippen LogP contribution in [0.4, 0.5) is 0 Å². The molecule has 90 valence electrons. The molecule has 0 saturated heterocycles. The van der Waals surface area contributed by atoms with Gasteiger partial charge >= 0.3 is 0 Å². The third kappa shape index (κ3) is 1.56. The first-order valence-corrected chi connectivity index (χ1v) is 7.66. The highest BCUT2D eigenvalue weighted by Gasteiger charge is 2.55. The van der Waals surface area contributed by atoms with Gasteiger partial charge in [0.05, 0.1) is 6.61 Å². The zero-order valence-corrected chi connectivity index (χ0v) is 11.4. The highest BCUT2D eigenvalue weighted by Crippen LogP contribution is 2.64. The molecule has 2 fully saturated rings. The molecule has 1 aromatic carbocycles. The van der Waals surface area contributed by atoms with E-state index < -0.39 is 0 Å². The molecule has 0 amide bonds. The van der Waals surface area contributed by atoms with Gasteiger partial charge in [0, 0.05) is 11.2 Å². The van der Waals surface area contributed by atoms with E-state index in [1.807, 2.05) is 0 Å². The first-order valence-electron chi connectivity index (χ1n) is 6.74. The van der Waals surface area contributed by atoms with Gasteiger partial charge in [0.15, 0.2) is 0 Å². The maximum atomic E-state index is 5.57. The highest BCUT2D eigenvalue weighted by atomic mass is 79.9. The first-order chi connectivity index (χ1) is 8.34. The van der Waals surface area contributed by atoms with Crippen LogP contribution in [0.5, 0.6) is 5.75 Å². The van der Waals surface area contributed by atoms with E-state index in [1.54, 1.807) is 0 Å². The molecule has 1 nitrogen and oxygen atoms in total. The number of hydrogen-bond acceptors (Lipinski definition) is 1. The molecular weight excluding hydrogens is 276 g/mol. The second kappa shape index (κ2) is 3.74. The van der Waals surface area contributed by atoms with Gasteiger partial charge in [-0.3, -0.25) is 0 Å². The molecule has 1 aromatic rings. The van der Waals surface area contributed by atoms with Crippen molar-refractivity contribution in [3.05, 3.63) is 29.3 Å². The second-order valence-electron chi connectivity index (χ2n) is 5.70. The Bertz CT molecular complexity index is 446. The van der Waals surface area contributed by atoms with Crippen molar-refractivity contribution in [2.75, 3.05) is 6.61 Å². The highest BCUT2D eigenvalue weighted by molar-refractivity contribution is 9.09. The molecule has 2 aliphatic carbocycles. The molecular formula is C15H17BrO. The maximum absolute atomic E-state index is 5.57. The standard InChI is InChI=1S/C15H17BrO/c16-15(14-11-2-1-3-12(11)14)10-4-5-13-9(8-10)6-7-17-13/h4-5,8,11-12,14-15H,1-3,6-7H2. The predicted octanol–water partition coefficient (Wildman–Crippen LogP) is 4.10. The van der Waals surface area contributed by atoms with Crippen molar-refractivity contribution >= 4 is 15.9 Å². The Kier molecular flexibility index (Phi) is 2.30. The Morgan fingerprint density at radius 1 is 1.24 bits per heavy atom. The summed E-state index contributed by atoms with van der Waals surface area (Å²) < 4.78 is 5.57. The Balaban J connectivity index is 1.58. The van der Waals surface area contributed by atoms with E-state index in [-0.39, 0.29) is 0 Å². The van der Waals surface area contributed by atoms with Crippen molar-refractivity contribution in [3.63, 3.8) is 0 Å². The Morgan fingerprint density at radius 3 is 2.88 bits per heavy atom. The third-order valence-electron chi connectivity index (χ3n) is 4.84. The van der Waals surface area contributed by atoms with Gasteiger partial charge in [-0.15, -0.1) is 0 Å². The van der Waals surface area contributed by atoms with Gasteiger partial charge in [-0.25, -0.2) is 0 Å². The topological polar surface area (TPSA) is 9.23 Å². The van der Waals surface area contributed by atoms with Crippen LogP contribution in [0.2, 0.25) is 0 Å². The van der Waals surface area contributed by atoms with Gasteiger partial charge < -0.3 is 4.74 Å². The van der Waals surface area contributed by atoms with E-state index in [4.69, 9.17) is 4.74 Å². The monoisotopic (exact) mass is 292 g/mol. The number of rotatable bonds is 2. The molecule has 1 heterocycles. The van der Waals surface area contributed by atoms with Gasteiger partial charge in [-0.1, -0.05) is 34.5 Å². The van der Waals surface area contributed by atoms with E-state index in [0.717, 1.165) is 36.5 Å². The number of hydrogen-bond donors (Lipinski definition) is 0. The van der Waals surface area contributed by atoms with Crippen LogP contribution in [0, 0.1) is 17.8 Å². The van der Waals surface area contributed by atoms with E-state index in [0.29, 0.717) is 4.83 Å². The average molecular weight is 293 g/mol. The molecule has 0 N–H and O–H groups in total. The summed E-state index contributed by atoms with van der Waals surface area (Å²) in [5, 5.41) is 0. The van der Waals surface area contributed by atoms with Gasteiger partial charge in [0.2, 0.25) is 0 Å². The Morgan fingerprint density at radius 2 is 2.06 bits per heavy atom. The lowest BCUT2D eigenvalue weighted by Crippen LogP contribution is -1.98. The molecule has 2 saturated carbocycles. The summed E-state index contributed by atoms with van der Waals surface area (Å²) in [6.07, 6.45) is 5.47. The van der Waals surface area contributed by atoms with Crippen molar-refractivity contribution in [1.82, 2.24) is 0 Å². The van der Waals surface area contributed by atoms with Gasteiger partial charge in [0.25, 0.3) is 0 Å². The molecule has 17 heavy (non-hydrogen) atoms. The van der Waals surface area contributed by atoms with Crippen LogP contribution in [-0.2, 0) is 6.42 Å². The predicted molar refractivity (Wildman–Crippen MR) is 71.6 cm³/mol. The molecule has 3 unspecified atom stereocenters. The second-order valence-corrected chi connectivity index (χ2v) is 6.69. The average Bonchev–Trinajstić information content (AvgIpc) is 2.75. The van der Waals surface area contributed by atoms with Crippen molar-refractivity contribution in [2.24, 2.45) is 17.8 Å². The molecule has 3 aliphatic rings. The lowest BCUT2D eigenvalue weighted by atomic mass is 10.0. The minimum atomic E-state index is 0.573. The Hall–Kier alpha value is -0.500. The zero-order valence-electron chi connectivity index (χ0n) is 9.86. The third-order valence-corrected chi connectivity index (χ3v) is 5.98. The van der Waals surface area contributed by atoms with Gasteiger partial charge in [-0.2, -0.15) is 0 Å². The van der Waals surface area contributed by atoms with Crippen LogP contribution in [-0.4, -0.2) is 6.61 Å². The van der Waals surface area contributed by atoms with Crippen LogP contribution >= 0.6 is 15.9 Å². The molecule has 0 bridgehead atoms. The fourth-order valence-corrected chi connectivity index (χ4v) is 4.98. The molecule has 0 spiro atoms. The van der Waals surface area contributed by atoms with E-state index in [1.165, 1.54) is 30.4 Å². The lowest BCUT2D eigenvalue weighted by molar-refractivity contribution is 0.357. The minimum Gasteiger partial charge on any atom is -0.493 e. The summed E-state index contributed by atoms with van der Waals surface area (Å²) in [6, 6.07) is 6.76. The number of halogens is 1. The largest absolute Gasteiger partial charge is 0.493 e. The summed E-state index contributed by atoms with van der Waals surface area (Å²) in [5.74, 6) is 4.04. The van der Waals surface area contributed by atoms with Crippen molar-refractivity contribution in [3.8, 4) is 5.75 Å². The summed E-state index contributed by atoms with van der Waals surface area (Å²) in [4.78, 5) is 0.573. The van der Waals surface area contributed by atoms with Gasteiger partial charge in [0.1, 0.15) is 5.75 Å². The van der Waals surface area contributed by atoms with Crippen molar-refractivity contribution in [1.29, 1.82) is 0 Å². The first kappa shape index (κ1) is 10.4. The van der Waals surface area contributed by atoms with Crippen LogP contribution in [0.15, 0.2) is 18.2 Å². The molecule has 4 rings (SSSR count). The summed E-state index contributed by atoms with van der Waals surface area (Å²) >= 11 is 3.94. The maximum Gasteiger partial charge on any atom is 0.122 e. The van der Waals surface area contributed by atoms with Gasteiger partial charge in [-0.05, 0) is 47.8 Å². The SMILES string of the molecule is BrC(c1ccc2c(c1)CCO2)C1C2CCCC21. The number of alkyl halides is 1. The molecule has 3 atom stereocenters. The van der Waals surface area contributed by atoms with Crippen molar-refractivity contribution < 1.29 is 4.74 Å².